The Morgan fingerprint density at radius 1 is 0.971 bits per heavy atom. The molecule has 6 heteroatoms. The molecule has 1 unspecified atom stereocenters. The van der Waals surface area contributed by atoms with E-state index in [1.165, 1.54) is 29.5 Å². The van der Waals surface area contributed by atoms with Crippen LogP contribution < -0.4 is 0 Å². The third-order valence-electron chi connectivity index (χ3n) is 5.89. The highest BCUT2D eigenvalue weighted by Gasteiger charge is 2.37. The first-order chi connectivity index (χ1) is 16.4. The summed E-state index contributed by atoms with van der Waals surface area (Å²) in [6.07, 6.45) is 1.38. The van der Waals surface area contributed by atoms with Crippen LogP contribution in [0.1, 0.15) is 46.8 Å². The van der Waals surface area contributed by atoms with Crippen molar-refractivity contribution in [2.24, 2.45) is 4.99 Å². The van der Waals surface area contributed by atoms with E-state index in [1.807, 2.05) is 18.2 Å². The smallest absolute Gasteiger partial charge is 0.335 e. The van der Waals surface area contributed by atoms with Gasteiger partial charge >= 0.3 is 5.97 Å². The van der Waals surface area contributed by atoms with E-state index in [9.17, 15) is 9.59 Å². The summed E-state index contributed by atoms with van der Waals surface area (Å²) in [5.74, 6) is -0.441. The van der Waals surface area contributed by atoms with Gasteiger partial charge in [0.25, 0.3) is 0 Å². The first-order valence-corrected chi connectivity index (χ1v) is 12.3. The van der Waals surface area contributed by atoms with Gasteiger partial charge < -0.3 is 5.11 Å². The average molecular weight is 473 g/mol. The zero-order chi connectivity index (χ0) is 24.1. The lowest BCUT2D eigenvalue weighted by molar-refractivity contribution is -0.126. The molecule has 0 aromatic heterocycles. The van der Waals surface area contributed by atoms with Crippen LogP contribution in [0.3, 0.4) is 0 Å². The zero-order valence-electron chi connectivity index (χ0n) is 19.3. The molecule has 1 atom stereocenters. The third-order valence-corrected chi connectivity index (χ3v) is 7.07. The molecule has 1 heterocycles. The third kappa shape index (κ3) is 5.75. The van der Waals surface area contributed by atoms with Crippen molar-refractivity contribution in [1.29, 1.82) is 0 Å². The van der Waals surface area contributed by atoms with Gasteiger partial charge in [-0.1, -0.05) is 80.2 Å². The highest BCUT2D eigenvalue weighted by molar-refractivity contribution is 8.15. The Kier molecular flexibility index (Phi) is 7.48. The molecule has 0 bridgehead atoms. The van der Waals surface area contributed by atoms with Crippen LogP contribution in [0.5, 0.6) is 0 Å². The summed E-state index contributed by atoms with van der Waals surface area (Å²) in [4.78, 5) is 31.0. The maximum absolute atomic E-state index is 13.4. The van der Waals surface area contributed by atoms with Crippen LogP contribution in [0, 0.1) is 0 Å². The van der Waals surface area contributed by atoms with E-state index < -0.39 is 5.97 Å². The maximum Gasteiger partial charge on any atom is 0.335 e. The molecular weight excluding hydrogens is 444 g/mol. The number of rotatable bonds is 8. The number of carbonyl (C=O) groups excluding carboxylic acids is 1. The van der Waals surface area contributed by atoms with Gasteiger partial charge in [0.2, 0.25) is 5.91 Å². The molecule has 1 saturated heterocycles. The quantitative estimate of drug-likeness (QED) is 0.441. The van der Waals surface area contributed by atoms with Crippen LogP contribution in [0.15, 0.2) is 83.9 Å². The fourth-order valence-corrected chi connectivity index (χ4v) is 5.08. The topological polar surface area (TPSA) is 70.0 Å². The number of aromatic carboxylic acids is 1. The molecule has 1 fully saturated rings. The van der Waals surface area contributed by atoms with Crippen LogP contribution in [-0.4, -0.2) is 38.8 Å². The van der Waals surface area contributed by atoms with Gasteiger partial charge in [-0.05, 0) is 59.7 Å². The van der Waals surface area contributed by atoms with E-state index in [4.69, 9.17) is 10.1 Å². The number of carbonyl (C=O) groups is 2. The number of hydrogen-bond donors (Lipinski definition) is 1. The number of hydrogen-bond acceptors (Lipinski definition) is 4. The van der Waals surface area contributed by atoms with E-state index in [0.29, 0.717) is 29.7 Å². The number of carboxylic acids is 1. The summed E-state index contributed by atoms with van der Waals surface area (Å²) in [5.41, 5.74) is 4.42. The average Bonchev–Trinajstić information content (AvgIpc) is 3.12. The van der Waals surface area contributed by atoms with Gasteiger partial charge in [0.15, 0.2) is 5.17 Å². The van der Waals surface area contributed by atoms with E-state index in [2.05, 4.69) is 50.2 Å². The van der Waals surface area contributed by atoms with Crippen LogP contribution in [0.25, 0.3) is 0 Å². The summed E-state index contributed by atoms with van der Waals surface area (Å²) >= 11 is 1.48. The number of amides is 1. The molecule has 3 aromatic rings. The van der Waals surface area contributed by atoms with Crippen molar-refractivity contribution in [3.8, 4) is 0 Å². The van der Waals surface area contributed by atoms with Crippen molar-refractivity contribution in [1.82, 2.24) is 4.90 Å². The lowest BCUT2D eigenvalue weighted by atomic mass is 10.00. The second kappa shape index (κ2) is 10.7. The lowest BCUT2D eigenvalue weighted by Crippen LogP contribution is -2.34. The van der Waals surface area contributed by atoms with Crippen LogP contribution in [0.4, 0.5) is 5.69 Å². The molecule has 3 aromatic carbocycles. The molecule has 34 heavy (non-hydrogen) atoms. The van der Waals surface area contributed by atoms with E-state index >= 15 is 0 Å². The second-order valence-corrected chi connectivity index (χ2v) is 9.85. The number of nitrogens with zero attached hydrogens (tertiary/aromatic N) is 2. The van der Waals surface area contributed by atoms with Crippen molar-refractivity contribution in [3.63, 3.8) is 0 Å². The van der Waals surface area contributed by atoms with E-state index in [1.54, 1.807) is 17.0 Å². The largest absolute Gasteiger partial charge is 0.478 e. The van der Waals surface area contributed by atoms with Gasteiger partial charge in [-0.3, -0.25) is 9.69 Å². The second-order valence-electron chi connectivity index (χ2n) is 8.68. The van der Waals surface area contributed by atoms with Gasteiger partial charge in [-0.25, -0.2) is 9.79 Å². The first-order valence-electron chi connectivity index (χ1n) is 11.4. The molecule has 5 nitrogen and oxygen atoms in total. The number of aliphatic imine (C=N–C) groups is 1. The Morgan fingerprint density at radius 3 is 2.26 bits per heavy atom. The number of benzene rings is 3. The Hall–Kier alpha value is -3.38. The predicted molar refractivity (Wildman–Crippen MR) is 138 cm³/mol. The van der Waals surface area contributed by atoms with Gasteiger partial charge in [-0.2, -0.15) is 0 Å². The number of thioether (sulfide) groups is 1. The van der Waals surface area contributed by atoms with Gasteiger partial charge in [0.05, 0.1) is 16.5 Å². The lowest BCUT2D eigenvalue weighted by Gasteiger charge is -2.16. The van der Waals surface area contributed by atoms with Crippen molar-refractivity contribution < 1.29 is 14.7 Å². The predicted octanol–water partition coefficient (Wildman–Crippen LogP) is 5.93. The number of carboxylic acid groups (broad SMARTS) is 1. The fourth-order valence-electron chi connectivity index (χ4n) is 3.86. The van der Waals surface area contributed by atoms with Crippen molar-refractivity contribution in [3.05, 3.63) is 101 Å². The fraction of sp³-hybridized carbons (Fsp3) is 0.250. The summed E-state index contributed by atoms with van der Waals surface area (Å²) in [6, 6.07) is 25.0. The molecule has 0 spiro atoms. The van der Waals surface area contributed by atoms with Gasteiger partial charge in [-0.15, -0.1) is 0 Å². The van der Waals surface area contributed by atoms with Crippen LogP contribution in [-0.2, 0) is 17.6 Å². The standard InChI is InChI=1S/C28H28N2O3S/c1-19(2)22-10-8-21(9-11-22)18-25-26(31)30(17-16-20-6-4-3-5-7-20)28(34-25)29-24-14-12-23(13-15-24)27(32)33/h3-15,19,25H,16-18H2,1-2H3,(H,32,33). The molecule has 1 N–H and O–H groups in total. The Morgan fingerprint density at radius 2 is 1.65 bits per heavy atom. The van der Waals surface area contributed by atoms with E-state index in [0.717, 1.165) is 17.5 Å². The van der Waals surface area contributed by atoms with E-state index in [-0.39, 0.29) is 16.7 Å². The normalized spacial score (nSPS) is 17.0. The molecule has 1 amide bonds. The Balaban J connectivity index is 1.55. The summed E-state index contributed by atoms with van der Waals surface area (Å²) in [5, 5.41) is 9.57. The summed E-state index contributed by atoms with van der Waals surface area (Å²) in [7, 11) is 0. The molecule has 1 aliphatic rings. The molecule has 0 radical (unpaired) electrons. The molecule has 0 saturated carbocycles. The van der Waals surface area contributed by atoms with Gasteiger partial charge in [0, 0.05) is 6.54 Å². The molecule has 174 valence electrons. The minimum atomic E-state index is -0.974. The molecule has 0 aliphatic carbocycles. The van der Waals surface area contributed by atoms with Crippen LogP contribution in [0.2, 0.25) is 0 Å². The Bertz CT molecular complexity index is 1170. The first kappa shape index (κ1) is 23.8. The monoisotopic (exact) mass is 472 g/mol. The highest BCUT2D eigenvalue weighted by atomic mass is 32.2. The van der Waals surface area contributed by atoms with Crippen molar-refractivity contribution in [2.45, 2.75) is 37.9 Å². The van der Waals surface area contributed by atoms with Crippen LogP contribution >= 0.6 is 11.8 Å². The molecule has 4 rings (SSSR count). The summed E-state index contributed by atoms with van der Waals surface area (Å²) < 4.78 is 0. The minimum Gasteiger partial charge on any atom is -0.478 e. The SMILES string of the molecule is CC(C)c1ccc(CC2SC(=Nc3ccc(C(=O)O)cc3)N(CCc3ccccc3)C2=O)cc1. The number of amidine groups is 1. The highest BCUT2D eigenvalue weighted by Crippen LogP contribution is 2.32. The maximum atomic E-state index is 13.4. The molecule has 1 aliphatic heterocycles. The minimum absolute atomic E-state index is 0.0646. The zero-order valence-corrected chi connectivity index (χ0v) is 20.2. The molecular formula is C28H28N2O3S. The summed E-state index contributed by atoms with van der Waals surface area (Å²) in [6.45, 7) is 4.88. The van der Waals surface area contributed by atoms with Crippen molar-refractivity contribution in [2.75, 3.05) is 6.54 Å². The Labute approximate surface area is 204 Å². The van der Waals surface area contributed by atoms with Crippen molar-refractivity contribution >= 4 is 34.5 Å². The van der Waals surface area contributed by atoms with Gasteiger partial charge in [0.1, 0.15) is 0 Å².